The third-order valence-corrected chi connectivity index (χ3v) is 5.71. The third kappa shape index (κ3) is 3.39. The average Bonchev–Trinajstić information content (AvgIpc) is 3.23. The van der Waals surface area contributed by atoms with Crippen LogP contribution in [0.3, 0.4) is 0 Å². The summed E-state index contributed by atoms with van der Waals surface area (Å²) in [5, 5.41) is 17.8. The lowest BCUT2D eigenvalue weighted by Gasteiger charge is -2.29. The van der Waals surface area contributed by atoms with E-state index in [9.17, 15) is 0 Å². The topological polar surface area (TPSA) is 67.9 Å². The maximum absolute atomic E-state index is 8.97. The van der Waals surface area contributed by atoms with Gasteiger partial charge >= 0.3 is 0 Å². The molecule has 1 aliphatic rings. The summed E-state index contributed by atoms with van der Waals surface area (Å²) in [4.78, 5) is 4.69. The van der Waals surface area contributed by atoms with Crippen molar-refractivity contribution >= 4 is 23.8 Å². The van der Waals surface area contributed by atoms with E-state index in [0.29, 0.717) is 18.5 Å². The maximum atomic E-state index is 8.97. The lowest BCUT2D eigenvalue weighted by Crippen LogP contribution is -2.34. The van der Waals surface area contributed by atoms with E-state index in [4.69, 9.17) is 5.11 Å². The van der Waals surface area contributed by atoms with Gasteiger partial charge in [-0.25, -0.2) is 4.98 Å². The molecule has 0 radical (unpaired) electrons. The van der Waals surface area contributed by atoms with E-state index in [-0.39, 0.29) is 6.61 Å². The second kappa shape index (κ2) is 7.42. The van der Waals surface area contributed by atoms with Crippen LogP contribution in [0.15, 0.2) is 30.9 Å². The summed E-state index contributed by atoms with van der Waals surface area (Å²) in [6, 6.07) is 2.81. The van der Waals surface area contributed by atoms with E-state index in [1.165, 1.54) is 5.56 Å². The molecule has 6 nitrogen and oxygen atoms in total. The van der Waals surface area contributed by atoms with Gasteiger partial charge in [0.25, 0.3) is 0 Å². The monoisotopic (exact) mass is 371 g/mol. The van der Waals surface area contributed by atoms with Gasteiger partial charge in [-0.05, 0) is 43.2 Å². The molecule has 4 rings (SSSR count). The van der Waals surface area contributed by atoms with E-state index < -0.39 is 0 Å². The van der Waals surface area contributed by atoms with Crippen molar-refractivity contribution in [2.75, 3.05) is 13.2 Å². The third-order valence-electron chi connectivity index (χ3n) is 5.41. The lowest BCUT2D eigenvalue weighted by molar-refractivity contribution is 0.267. The van der Waals surface area contributed by atoms with Crippen LogP contribution in [0.4, 0.5) is 0 Å². The van der Waals surface area contributed by atoms with E-state index in [0.717, 1.165) is 47.8 Å². The van der Waals surface area contributed by atoms with Crippen LogP contribution in [0.5, 0.6) is 0 Å². The molecule has 0 aliphatic heterocycles. The van der Waals surface area contributed by atoms with Gasteiger partial charge in [0.1, 0.15) is 5.65 Å². The first kappa shape index (κ1) is 17.6. The van der Waals surface area contributed by atoms with Gasteiger partial charge in [0, 0.05) is 54.7 Å². The molecule has 3 aromatic rings. The van der Waals surface area contributed by atoms with Gasteiger partial charge in [0.2, 0.25) is 0 Å². The molecule has 0 amide bonds. The molecule has 0 unspecified atom stereocenters. The fraction of sp³-hybridized carbons (Fsp3) is 0.474. The number of aryl methyl sites for hydroxylation is 1. The Morgan fingerprint density at radius 3 is 2.73 bits per heavy atom. The minimum absolute atomic E-state index is 0.207. The zero-order valence-corrected chi connectivity index (χ0v) is 15.9. The van der Waals surface area contributed by atoms with Crippen molar-refractivity contribution in [1.29, 1.82) is 0 Å². The maximum Gasteiger partial charge on any atom is 0.150 e. The number of fused-ring (bicyclic) bond motifs is 1. The van der Waals surface area contributed by atoms with Crippen molar-refractivity contribution in [3.63, 3.8) is 0 Å². The standard InChI is InChI=1S/C19H25N5OS/c1-23-11-15(10-22-23)18-12-24(26)19-17(18)8-14(9-21-19)13-2-4-16(5-3-13)20-6-7-25/h8-13,16,20,25-26H,2-7H2,1H3. The molecular weight excluding hydrogens is 346 g/mol. The molecule has 1 aliphatic carbocycles. The SMILES string of the molecule is Cn1cc(-c2cn(S)c3ncc(C4CCC(NCCO)CC4)cc23)cn1. The number of aromatic nitrogens is 4. The molecule has 0 aromatic carbocycles. The van der Waals surface area contributed by atoms with Crippen LogP contribution in [0.1, 0.15) is 37.2 Å². The molecule has 138 valence electrons. The second-order valence-electron chi connectivity index (χ2n) is 7.16. The van der Waals surface area contributed by atoms with Crippen LogP contribution in [0, 0.1) is 0 Å². The van der Waals surface area contributed by atoms with Crippen LogP contribution in [0.25, 0.3) is 22.2 Å². The largest absolute Gasteiger partial charge is 0.395 e. The summed E-state index contributed by atoms with van der Waals surface area (Å²) in [6.45, 7) is 0.894. The van der Waals surface area contributed by atoms with Crippen molar-refractivity contribution in [3.8, 4) is 11.1 Å². The van der Waals surface area contributed by atoms with E-state index in [1.807, 2.05) is 36.5 Å². The fourth-order valence-corrected chi connectivity index (χ4v) is 4.30. The first-order valence-electron chi connectivity index (χ1n) is 9.19. The van der Waals surface area contributed by atoms with Gasteiger partial charge in [-0.15, -0.1) is 0 Å². The minimum atomic E-state index is 0.207. The van der Waals surface area contributed by atoms with Crippen LogP contribution in [0.2, 0.25) is 0 Å². The summed E-state index contributed by atoms with van der Waals surface area (Å²) in [5.41, 5.74) is 4.40. The quantitative estimate of drug-likeness (QED) is 0.603. The highest BCUT2D eigenvalue weighted by Gasteiger charge is 2.23. The Morgan fingerprint density at radius 1 is 1.23 bits per heavy atom. The van der Waals surface area contributed by atoms with E-state index in [1.54, 1.807) is 3.97 Å². The zero-order valence-electron chi connectivity index (χ0n) is 15.0. The lowest BCUT2D eigenvalue weighted by atomic mass is 9.82. The summed E-state index contributed by atoms with van der Waals surface area (Å²) < 4.78 is 3.60. The summed E-state index contributed by atoms with van der Waals surface area (Å²) >= 11 is 4.53. The Balaban J connectivity index is 1.60. The number of pyridine rings is 1. The summed E-state index contributed by atoms with van der Waals surface area (Å²) in [6.07, 6.45) is 12.5. The normalized spacial score (nSPS) is 20.7. The minimum Gasteiger partial charge on any atom is -0.395 e. The molecule has 2 N–H and O–H groups in total. The number of hydrogen-bond acceptors (Lipinski definition) is 5. The van der Waals surface area contributed by atoms with Gasteiger partial charge in [0.05, 0.1) is 12.8 Å². The Kier molecular flexibility index (Phi) is 5.02. The van der Waals surface area contributed by atoms with Crippen LogP contribution >= 0.6 is 12.8 Å². The van der Waals surface area contributed by atoms with Crippen molar-refractivity contribution in [2.45, 2.75) is 37.6 Å². The smallest absolute Gasteiger partial charge is 0.150 e. The van der Waals surface area contributed by atoms with Crippen LogP contribution in [-0.4, -0.2) is 43.0 Å². The zero-order chi connectivity index (χ0) is 18.1. The number of nitrogens with zero attached hydrogens (tertiary/aromatic N) is 4. The van der Waals surface area contributed by atoms with Gasteiger partial charge in [-0.3, -0.25) is 8.65 Å². The number of hydrogen-bond donors (Lipinski definition) is 3. The molecule has 1 saturated carbocycles. The Labute approximate surface area is 158 Å². The molecule has 0 atom stereocenters. The van der Waals surface area contributed by atoms with Gasteiger partial charge in [0.15, 0.2) is 0 Å². The van der Waals surface area contributed by atoms with Crippen LogP contribution in [-0.2, 0) is 7.05 Å². The molecule has 26 heavy (non-hydrogen) atoms. The highest BCUT2D eigenvalue weighted by Crippen LogP contribution is 2.36. The van der Waals surface area contributed by atoms with E-state index >= 15 is 0 Å². The number of aliphatic hydroxyl groups is 1. The number of nitrogens with one attached hydrogen (secondary N) is 1. The Hall–Kier alpha value is -1.83. The predicted molar refractivity (Wildman–Crippen MR) is 106 cm³/mol. The fourth-order valence-electron chi connectivity index (χ4n) is 4.02. The van der Waals surface area contributed by atoms with E-state index in [2.05, 4.69) is 34.3 Å². The number of thiol groups is 1. The first-order valence-corrected chi connectivity index (χ1v) is 9.59. The Morgan fingerprint density at radius 2 is 2.04 bits per heavy atom. The highest BCUT2D eigenvalue weighted by molar-refractivity contribution is 7.78. The second-order valence-corrected chi connectivity index (χ2v) is 7.59. The van der Waals surface area contributed by atoms with Gasteiger partial charge in [-0.2, -0.15) is 5.10 Å². The molecule has 0 saturated heterocycles. The van der Waals surface area contributed by atoms with Crippen molar-refractivity contribution in [2.24, 2.45) is 7.05 Å². The summed E-state index contributed by atoms with van der Waals surface area (Å²) in [5.74, 6) is 0.545. The molecular formula is C19H25N5OS. The molecule has 1 fully saturated rings. The van der Waals surface area contributed by atoms with Crippen molar-refractivity contribution in [1.82, 2.24) is 24.1 Å². The molecule has 3 aromatic heterocycles. The Bertz CT molecular complexity index is 895. The molecule has 7 heteroatoms. The molecule has 0 bridgehead atoms. The van der Waals surface area contributed by atoms with Gasteiger partial charge in [-0.1, -0.05) is 12.8 Å². The van der Waals surface area contributed by atoms with Gasteiger partial charge < -0.3 is 10.4 Å². The molecule has 0 spiro atoms. The first-order chi connectivity index (χ1) is 12.7. The predicted octanol–water partition coefficient (Wildman–Crippen LogP) is 2.74. The van der Waals surface area contributed by atoms with Crippen LogP contribution < -0.4 is 5.32 Å². The summed E-state index contributed by atoms with van der Waals surface area (Å²) in [7, 11) is 1.93. The number of aliphatic hydroxyl groups excluding tert-OH is 1. The number of rotatable bonds is 5. The molecule has 3 heterocycles. The van der Waals surface area contributed by atoms with Crippen molar-refractivity contribution in [3.05, 3.63) is 36.4 Å². The van der Waals surface area contributed by atoms with Crippen molar-refractivity contribution < 1.29 is 5.11 Å². The average molecular weight is 372 g/mol. The highest BCUT2D eigenvalue weighted by atomic mass is 32.1.